The smallest absolute Gasteiger partial charge is 0.292 e. The van der Waals surface area contributed by atoms with Gasteiger partial charge in [0.25, 0.3) is 37.5 Å². The maximum atomic E-state index is 15.1. The molecule has 0 atom stereocenters. The quantitative estimate of drug-likeness (QED) is 0.291. The summed E-state index contributed by atoms with van der Waals surface area (Å²) in [5, 5.41) is 53.8. The summed E-state index contributed by atoms with van der Waals surface area (Å²) >= 11 is 0. The van der Waals surface area contributed by atoms with Gasteiger partial charge in [-0.1, -0.05) is 0 Å². The van der Waals surface area contributed by atoms with Crippen molar-refractivity contribution in [1.29, 1.82) is 31.6 Å². The van der Waals surface area contributed by atoms with Gasteiger partial charge in [0.1, 0.15) is 34.5 Å². The molecule has 0 unspecified atom stereocenters. The number of nitriles is 6. The van der Waals surface area contributed by atoms with Gasteiger partial charge in [-0.3, -0.25) is 0 Å². The Hall–Kier alpha value is -6.37. The number of hydrogen-bond donors (Lipinski definition) is 0. The topological polar surface area (TPSA) is 215 Å². The molecule has 13 nitrogen and oxygen atoms in total. The van der Waals surface area contributed by atoms with Crippen LogP contribution in [0.2, 0.25) is 0 Å². The Kier molecular flexibility index (Phi) is 8.18. The molecular weight excluding hydrogens is 515 g/mol. The number of rotatable bonds is 9. The monoisotopic (exact) mass is 524 g/mol. The first kappa shape index (κ1) is 26.2. The lowest BCUT2D eigenvalue weighted by Gasteiger charge is -2.22. The average Bonchev–Trinajstić information content (AvgIpc) is 2.89. The van der Waals surface area contributed by atoms with Gasteiger partial charge in [-0.25, -0.2) is 0 Å². The van der Waals surface area contributed by atoms with Gasteiger partial charge in [0.05, 0.1) is 0 Å². The van der Waals surface area contributed by atoms with Gasteiger partial charge in [0.15, 0.2) is 7.14 Å². The predicted molar refractivity (Wildman–Crippen MR) is 123 cm³/mol. The molecule has 0 N–H and O–H groups in total. The van der Waals surface area contributed by atoms with E-state index in [1.165, 1.54) is 92.1 Å². The first-order chi connectivity index (χ1) is 18.4. The normalized spacial score (nSPS) is 9.53. The van der Waals surface area contributed by atoms with Crippen molar-refractivity contribution in [2.24, 2.45) is 0 Å². The molecule has 0 aromatic heterocycles. The number of hydrogen-bond acceptors (Lipinski definition) is 13. The minimum absolute atomic E-state index is 0.0791. The molecule has 0 bridgehead atoms. The van der Waals surface area contributed by atoms with E-state index in [1.807, 2.05) is 0 Å². The van der Waals surface area contributed by atoms with E-state index in [2.05, 4.69) is 0 Å². The van der Waals surface area contributed by atoms with Crippen molar-refractivity contribution in [1.82, 2.24) is 0 Å². The first-order valence-electron chi connectivity index (χ1n) is 9.84. The molecular formula is C24H9N6O7P. The van der Waals surface area contributed by atoms with Crippen LogP contribution in [0.3, 0.4) is 0 Å². The Labute approximate surface area is 214 Å². The SMILES string of the molecule is N#COc1cc(OC#N)cc(P(=O)(c2cc(OC#N)cc(OC#N)c2)c2cc(OC#N)cc(OC#N)c2)c1. The van der Waals surface area contributed by atoms with Gasteiger partial charge >= 0.3 is 0 Å². The van der Waals surface area contributed by atoms with E-state index in [-0.39, 0.29) is 50.4 Å². The van der Waals surface area contributed by atoms with Crippen molar-refractivity contribution in [3.05, 3.63) is 54.6 Å². The standard InChI is InChI=1S/C24H9N6O7P/c25-10-32-16-1-17(33-11-26)5-22(4-16)38(31,23-6-18(34-12-27)2-19(7-23)35-13-28)24-8-20(36-14-29)3-21(9-24)37-15-30/h1-9H. The second-order valence-corrected chi connectivity index (χ2v) is 9.52. The number of nitrogens with zero attached hydrogens (tertiary/aromatic N) is 6. The van der Waals surface area contributed by atoms with Crippen LogP contribution >= 0.6 is 7.14 Å². The summed E-state index contributed by atoms with van der Waals surface area (Å²) in [4.78, 5) is 0. The van der Waals surface area contributed by atoms with E-state index in [0.29, 0.717) is 0 Å². The van der Waals surface area contributed by atoms with Crippen molar-refractivity contribution in [2.45, 2.75) is 0 Å². The van der Waals surface area contributed by atoms with E-state index >= 15 is 4.57 Å². The molecule has 38 heavy (non-hydrogen) atoms. The minimum Gasteiger partial charge on any atom is -0.388 e. The lowest BCUT2D eigenvalue weighted by Crippen LogP contribution is -2.26. The second kappa shape index (κ2) is 11.9. The Bertz CT molecular complexity index is 1400. The Balaban J connectivity index is 2.47. The molecule has 3 aromatic carbocycles. The van der Waals surface area contributed by atoms with Crippen LogP contribution in [0, 0.1) is 69.1 Å². The van der Waals surface area contributed by atoms with Crippen molar-refractivity contribution in [2.75, 3.05) is 0 Å². The molecule has 0 fully saturated rings. The molecule has 0 amide bonds. The summed E-state index contributed by atoms with van der Waals surface area (Å²) in [5.74, 6) is -0.881. The van der Waals surface area contributed by atoms with Crippen LogP contribution in [0.25, 0.3) is 0 Å². The molecule has 0 radical (unpaired) electrons. The van der Waals surface area contributed by atoms with Gasteiger partial charge in [-0.2, -0.15) is 0 Å². The summed E-state index contributed by atoms with van der Waals surface area (Å²) in [6.07, 6.45) is 8.78. The summed E-state index contributed by atoms with van der Waals surface area (Å²) in [5.41, 5.74) is 0. The van der Waals surface area contributed by atoms with Crippen LogP contribution in [0.4, 0.5) is 0 Å². The van der Waals surface area contributed by atoms with Gasteiger partial charge < -0.3 is 33.0 Å². The maximum Gasteiger partial charge on any atom is 0.292 e. The van der Waals surface area contributed by atoms with Crippen LogP contribution in [0.15, 0.2) is 54.6 Å². The lowest BCUT2D eigenvalue weighted by atomic mass is 10.3. The van der Waals surface area contributed by atoms with Crippen LogP contribution in [0.5, 0.6) is 34.5 Å². The van der Waals surface area contributed by atoms with Gasteiger partial charge in [-0.15, -0.1) is 31.6 Å². The van der Waals surface area contributed by atoms with Crippen molar-refractivity contribution < 1.29 is 33.0 Å². The number of benzene rings is 3. The molecule has 0 heterocycles. The zero-order valence-electron chi connectivity index (χ0n) is 18.7. The zero-order valence-corrected chi connectivity index (χ0v) is 19.6. The highest BCUT2D eigenvalue weighted by Crippen LogP contribution is 2.47. The van der Waals surface area contributed by atoms with Crippen molar-refractivity contribution in [3.63, 3.8) is 0 Å². The van der Waals surface area contributed by atoms with E-state index in [0.717, 1.165) is 0 Å². The fourth-order valence-electron chi connectivity index (χ4n) is 3.33. The minimum atomic E-state index is -4.22. The molecule has 0 aliphatic heterocycles. The summed E-state index contributed by atoms with van der Waals surface area (Å²) in [7, 11) is -4.22. The fraction of sp³-hybridized carbons (Fsp3) is 0. The Morgan fingerprint density at radius 2 is 0.579 bits per heavy atom. The fourth-order valence-corrected chi connectivity index (χ4v) is 6.08. The van der Waals surface area contributed by atoms with Gasteiger partial charge in [-0.05, 0) is 36.4 Å². The average molecular weight is 524 g/mol. The predicted octanol–water partition coefficient (Wildman–Crippen LogP) is 2.49. The molecule has 3 aromatic rings. The Morgan fingerprint density at radius 1 is 0.395 bits per heavy atom. The zero-order chi connectivity index (χ0) is 27.5. The second-order valence-electron chi connectivity index (χ2n) is 6.76. The van der Waals surface area contributed by atoms with Gasteiger partial charge in [0, 0.05) is 34.1 Å². The maximum absolute atomic E-state index is 15.1. The summed E-state index contributed by atoms with van der Waals surface area (Å²) in [6.45, 7) is 0. The van der Waals surface area contributed by atoms with Crippen LogP contribution < -0.4 is 44.3 Å². The van der Waals surface area contributed by atoms with Crippen molar-refractivity contribution >= 4 is 23.1 Å². The van der Waals surface area contributed by atoms with E-state index < -0.39 is 7.14 Å². The summed E-state index contributed by atoms with van der Waals surface area (Å²) < 4.78 is 44.4. The highest BCUT2D eigenvalue weighted by molar-refractivity contribution is 7.85. The van der Waals surface area contributed by atoms with Crippen LogP contribution in [0.1, 0.15) is 0 Å². The molecule has 14 heteroatoms. The van der Waals surface area contributed by atoms with E-state index in [4.69, 9.17) is 60.0 Å². The Morgan fingerprint density at radius 3 is 0.737 bits per heavy atom. The van der Waals surface area contributed by atoms with E-state index in [9.17, 15) is 0 Å². The van der Waals surface area contributed by atoms with Crippen LogP contribution in [-0.4, -0.2) is 0 Å². The highest BCUT2D eigenvalue weighted by atomic mass is 31.2. The summed E-state index contributed by atoms with van der Waals surface area (Å²) in [6, 6.07) is 10.9. The molecule has 0 saturated heterocycles. The lowest BCUT2D eigenvalue weighted by molar-refractivity contribution is 0.484. The first-order valence-corrected chi connectivity index (χ1v) is 11.5. The molecule has 0 aliphatic carbocycles. The highest BCUT2D eigenvalue weighted by Gasteiger charge is 2.34. The van der Waals surface area contributed by atoms with Gasteiger partial charge in [0.2, 0.25) is 0 Å². The molecule has 0 saturated carbocycles. The molecule has 182 valence electrons. The molecule has 3 rings (SSSR count). The third kappa shape index (κ3) is 5.64. The largest absolute Gasteiger partial charge is 0.388 e. The van der Waals surface area contributed by atoms with Crippen molar-refractivity contribution in [3.8, 4) is 72.0 Å². The van der Waals surface area contributed by atoms with E-state index in [1.54, 1.807) is 0 Å². The third-order valence-electron chi connectivity index (χ3n) is 4.67. The molecule has 0 aliphatic rings. The van der Waals surface area contributed by atoms with Crippen LogP contribution in [-0.2, 0) is 4.57 Å². The third-order valence-corrected chi connectivity index (χ3v) is 7.62. The molecule has 0 spiro atoms. The number of ether oxygens (including phenoxy) is 6.